The van der Waals surface area contributed by atoms with Crippen LogP contribution in [-0.4, -0.2) is 5.78 Å². The van der Waals surface area contributed by atoms with Gasteiger partial charge in [-0.2, -0.15) is 0 Å². The highest BCUT2D eigenvalue weighted by Gasteiger charge is 2.17. The minimum absolute atomic E-state index is 0.151. The van der Waals surface area contributed by atoms with E-state index >= 15 is 0 Å². The van der Waals surface area contributed by atoms with Gasteiger partial charge in [0.2, 0.25) is 5.78 Å². The van der Waals surface area contributed by atoms with Crippen LogP contribution in [0, 0.1) is 12.7 Å². The van der Waals surface area contributed by atoms with Gasteiger partial charge in [-0.05, 0) is 42.1 Å². The molecule has 5 heteroatoms. The van der Waals surface area contributed by atoms with Gasteiger partial charge in [0.25, 0.3) is 0 Å². The van der Waals surface area contributed by atoms with Crippen LogP contribution in [0.2, 0.25) is 5.02 Å². The summed E-state index contributed by atoms with van der Waals surface area (Å²) in [5, 5.41) is 2.15. The molecular formula is C14H8ClFOS2. The maximum absolute atomic E-state index is 13.4. The smallest absolute Gasteiger partial charge is 0.204 e. The lowest BCUT2D eigenvalue weighted by atomic mass is 10.1. The summed E-state index contributed by atoms with van der Waals surface area (Å²) in [6.45, 7) is 1.62. The highest BCUT2D eigenvalue weighted by Crippen LogP contribution is 2.32. The van der Waals surface area contributed by atoms with Crippen LogP contribution < -0.4 is 0 Å². The molecule has 1 nitrogen and oxygen atoms in total. The fourth-order valence-corrected chi connectivity index (χ4v) is 4.14. The van der Waals surface area contributed by atoms with Crippen molar-refractivity contribution >= 4 is 49.5 Å². The van der Waals surface area contributed by atoms with Crippen molar-refractivity contribution in [3.63, 3.8) is 0 Å². The van der Waals surface area contributed by atoms with E-state index in [1.807, 2.05) is 17.5 Å². The first kappa shape index (κ1) is 12.8. The Kier molecular flexibility index (Phi) is 3.17. The van der Waals surface area contributed by atoms with Gasteiger partial charge in [0.05, 0.1) is 9.90 Å². The van der Waals surface area contributed by atoms with E-state index in [0.717, 1.165) is 9.40 Å². The van der Waals surface area contributed by atoms with Crippen molar-refractivity contribution in [1.82, 2.24) is 0 Å². The molecule has 0 atom stereocenters. The predicted octanol–water partition coefficient (Wildman–Crippen LogP) is 5.29. The topological polar surface area (TPSA) is 17.1 Å². The lowest BCUT2D eigenvalue weighted by Gasteiger charge is -2.04. The third kappa shape index (κ3) is 2.20. The highest BCUT2D eigenvalue weighted by molar-refractivity contribution is 7.28. The molecule has 2 heterocycles. The Morgan fingerprint density at radius 2 is 2.05 bits per heavy atom. The standard InChI is InChI=1S/C14H8ClFOS2/c1-7-4-8(9(15)5-10(7)16)14(17)13-6-12-11(19-13)2-3-18-12/h2-6H,1H3. The van der Waals surface area contributed by atoms with E-state index < -0.39 is 5.82 Å². The largest absolute Gasteiger partial charge is 0.288 e. The van der Waals surface area contributed by atoms with Crippen LogP contribution >= 0.6 is 34.3 Å². The Balaban J connectivity index is 2.09. The predicted molar refractivity (Wildman–Crippen MR) is 79.3 cm³/mol. The molecule has 0 saturated carbocycles. The molecule has 0 fully saturated rings. The molecule has 1 aromatic carbocycles. The lowest BCUT2D eigenvalue weighted by molar-refractivity contribution is 0.104. The van der Waals surface area contributed by atoms with Crippen LogP contribution in [0.15, 0.2) is 29.6 Å². The van der Waals surface area contributed by atoms with E-state index in [-0.39, 0.29) is 10.8 Å². The first-order valence-corrected chi connectivity index (χ1v) is 7.61. The van der Waals surface area contributed by atoms with Gasteiger partial charge >= 0.3 is 0 Å². The van der Waals surface area contributed by atoms with Crippen molar-refractivity contribution in [3.8, 4) is 0 Å². The normalized spacial score (nSPS) is 11.1. The summed E-state index contributed by atoms with van der Waals surface area (Å²) < 4.78 is 15.5. The van der Waals surface area contributed by atoms with Crippen LogP contribution in [0.3, 0.4) is 0 Å². The van der Waals surface area contributed by atoms with Crippen molar-refractivity contribution in [2.75, 3.05) is 0 Å². The summed E-state index contributed by atoms with van der Waals surface area (Å²) in [6.07, 6.45) is 0. The molecule has 19 heavy (non-hydrogen) atoms. The Bertz CT molecular complexity index is 759. The Morgan fingerprint density at radius 3 is 2.79 bits per heavy atom. The fraction of sp³-hybridized carbons (Fsp3) is 0.0714. The third-order valence-electron chi connectivity index (χ3n) is 2.86. The number of hydrogen-bond donors (Lipinski definition) is 0. The minimum Gasteiger partial charge on any atom is -0.288 e. The molecule has 0 aliphatic carbocycles. The second-order valence-electron chi connectivity index (χ2n) is 4.17. The van der Waals surface area contributed by atoms with Crippen LogP contribution in [-0.2, 0) is 0 Å². The molecule has 0 spiro atoms. The van der Waals surface area contributed by atoms with Crippen molar-refractivity contribution in [2.45, 2.75) is 6.92 Å². The number of rotatable bonds is 2. The molecule has 0 bridgehead atoms. The van der Waals surface area contributed by atoms with Crippen molar-refractivity contribution < 1.29 is 9.18 Å². The Morgan fingerprint density at radius 1 is 1.26 bits per heavy atom. The first-order chi connectivity index (χ1) is 9.06. The maximum atomic E-state index is 13.4. The Hall–Kier alpha value is -1.23. The molecule has 3 rings (SSSR count). The number of hydrogen-bond acceptors (Lipinski definition) is 3. The van der Waals surface area contributed by atoms with Gasteiger partial charge in [-0.3, -0.25) is 4.79 Å². The molecule has 2 aromatic heterocycles. The van der Waals surface area contributed by atoms with E-state index in [4.69, 9.17) is 11.6 Å². The van der Waals surface area contributed by atoms with Gasteiger partial charge in [0.15, 0.2) is 0 Å². The van der Waals surface area contributed by atoms with E-state index in [0.29, 0.717) is 16.0 Å². The summed E-state index contributed by atoms with van der Waals surface area (Å²) >= 11 is 9.00. The van der Waals surface area contributed by atoms with Crippen LogP contribution in [0.5, 0.6) is 0 Å². The number of carbonyl (C=O) groups is 1. The van der Waals surface area contributed by atoms with Crippen molar-refractivity contribution in [1.29, 1.82) is 0 Å². The molecular weight excluding hydrogens is 303 g/mol. The van der Waals surface area contributed by atoms with Crippen LogP contribution in [0.4, 0.5) is 4.39 Å². The molecule has 0 amide bonds. The van der Waals surface area contributed by atoms with Gasteiger partial charge < -0.3 is 0 Å². The first-order valence-electron chi connectivity index (χ1n) is 5.53. The Labute approximate surface area is 122 Å². The summed E-state index contributed by atoms with van der Waals surface area (Å²) in [6, 6.07) is 6.55. The average molecular weight is 311 g/mol. The lowest BCUT2D eigenvalue weighted by Crippen LogP contribution is -2.01. The molecule has 96 valence electrons. The zero-order valence-corrected chi connectivity index (χ0v) is 12.3. The average Bonchev–Trinajstić information content (AvgIpc) is 2.93. The zero-order chi connectivity index (χ0) is 13.6. The van der Waals surface area contributed by atoms with Gasteiger partial charge in [0.1, 0.15) is 5.82 Å². The van der Waals surface area contributed by atoms with Crippen LogP contribution in [0.25, 0.3) is 9.40 Å². The van der Waals surface area contributed by atoms with Gasteiger partial charge in [-0.1, -0.05) is 11.6 Å². The molecule has 0 N–H and O–H groups in total. The monoisotopic (exact) mass is 310 g/mol. The summed E-state index contributed by atoms with van der Waals surface area (Å²) in [4.78, 5) is 13.0. The molecule has 0 aliphatic heterocycles. The van der Waals surface area contributed by atoms with Crippen molar-refractivity contribution in [3.05, 3.63) is 56.5 Å². The number of aryl methyl sites for hydroxylation is 1. The molecule has 0 radical (unpaired) electrons. The van der Waals surface area contributed by atoms with Gasteiger partial charge in [-0.25, -0.2) is 4.39 Å². The molecule has 0 aliphatic rings. The van der Waals surface area contributed by atoms with E-state index in [1.54, 1.807) is 18.3 Å². The number of ketones is 1. The number of thiophene rings is 2. The van der Waals surface area contributed by atoms with Gasteiger partial charge in [-0.15, -0.1) is 22.7 Å². The van der Waals surface area contributed by atoms with E-state index in [9.17, 15) is 9.18 Å². The van der Waals surface area contributed by atoms with Gasteiger partial charge in [0, 0.05) is 15.0 Å². The second kappa shape index (κ2) is 4.71. The highest BCUT2D eigenvalue weighted by atomic mass is 35.5. The number of carbonyl (C=O) groups excluding carboxylic acids is 1. The second-order valence-corrected chi connectivity index (χ2v) is 6.61. The SMILES string of the molecule is Cc1cc(C(=O)c2cc3sccc3s2)c(Cl)cc1F. The summed E-state index contributed by atoms with van der Waals surface area (Å²) in [7, 11) is 0. The molecule has 0 saturated heterocycles. The number of benzene rings is 1. The third-order valence-corrected chi connectivity index (χ3v) is 5.26. The summed E-state index contributed by atoms with van der Waals surface area (Å²) in [5.74, 6) is -0.546. The number of fused-ring (bicyclic) bond motifs is 1. The fourth-order valence-electron chi connectivity index (χ4n) is 1.84. The van der Waals surface area contributed by atoms with E-state index in [2.05, 4.69) is 0 Å². The minimum atomic E-state index is -0.395. The number of halogens is 2. The summed E-state index contributed by atoms with van der Waals surface area (Å²) in [5.41, 5.74) is 0.778. The van der Waals surface area contributed by atoms with Crippen molar-refractivity contribution in [2.24, 2.45) is 0 Å². The van der Waals surface area contributed by atoms with E-state index in [1.165, 1.54) is 23.5 Å². The maximum Gasteiger partial charge on any atom is 0.204 e. The molecule has 0 unspecified atom stereocenters. The van der Waals surface area contributed by atoms with Crippen LogP contribution in [0.1, 0.15) is 20.8 Å². The molecule has 3 aromatic rings. The quantitative estimate of drug-likeness (QED) is 0.587. The zero-order valence-electron chi connectivity index (χ0n) is 9.87.